The summed E-state index contributed by atoms with van der Waals surface area (Å²) in [5, 5.41) is 10.8. The summed E-state index contributed by atoms with van der Waals surface area (Å²) in [7, 11) is 0. The number of carbonyl (C=O) groups excluding carboxylic acids is 1. The molecule has 0 aromatic carbocycles. The van der Waals surface area contributed by atoms with E-state index < -0.39 is 23.8 Å². The van der Waals surface area contributed by atoms with Gasteiger partial charge in [-0.3, -0.25) is 9.48 Å². The van der Waals surface area contributed by atoms with Crippen LogP contribution in [0.5, 0.6) is 0 Å². The second-order valence-corrected chi connectivity index (χ2v) is 8.38. The third kappa shape index (κ3) is 4.12. The molecule has 0 aliphatic carbocycles. The number of hydrogen-bond donors (Lipinski definition) is 1. The van der Waals surface area contributed by atoms with Crippen LogP contribution in [0, 0.1) is 0 Å². The van der Waals surface area contributed by atoms with E-state index in [9.17, 15) is 18.0 Å². The van der Waals surface area contributed by atoms with Crippen molar-refractivity contribution in [2.24, 2.45) is 0 Å². The van der Waals surface area contributed by atoms with E-state index in [1.807, 2.05) is 19.9 Å². The Morgan fingerprint density at radius 1 is 1.22 bits per heavy atom. The normalized spacial score (nSPS) is 12.9. The van der Waals surface area contributed by atoms with Gasteiger partial charge in [-0.1, -0.05) is 6.92 Å². The van der Waals surface area contributed by atoms with E-state index >= 15 is 0 Å². The zero-order chi connectivity index (χ0) is 23.0. The summed E-state index contributed by atoms with van der Waals surface area (Å²) in [5.41, 5.74) is -0.195. The van der Waals surface area contributed by atoms with Crippen LogP contribution in [0.3, 0.4) is 0 Å². The van der Waals surface area contributed by atoms with Gasteiger partial charge in [0.2, 0.25) is 0 Å². The minimum Gasteiger partial charge on any atom is -0.343 e. The Hall–Kier alpha value is -3.21. The summed E-state index contributed by atoms with van der Waals surface area (Å²) in [5.74, 6) is -0.592. The van der Waals surface area contributed by atoms with Gasteiger partial charge in [-0.15, -0.1) is 11.3 Å². The Morgan fingerprint density at radius 3 is 2.66 bits per heavy atom. The van der Waals surface area contributed by atoms with Gasteiger partial charge in [-0.25, -0.2) is 9.50 Å². The average molecular weight is 463 g/mol. The van der Waals surface area contributed by atoms with E-state index in [4.69, 9.17) is 0 Å². The molecule has 0 radical (unpaired) electrons. The number of amides is 1. The number of halogens is 3. The standard InChI is InChI=1S/C21H21F3N6OS/c1-4-13-6-7-17(32-13)14-10-18(21(22,23)24)30-19(27-14)11-15(28-30)20(31)26-12(3)16-8-9-25-29(16)5-2/h6-12H,4-5H2,1-3H3,(H,26,31)/t12-/m1/s1. The molecule has 4 heterocycles. The van der Waals surface area contributed by atoms with Crippen molar-refractivity contribution >= 4 is 22.9 Å². The molecule has 0 fully saturated rings. The molecule has 32 heavy (non-hydrogen) atoms. The van der Waals surface area contributed by atoms with Crippen molar-refractivity contribution in [3.05, 3.63) is 58.5 Å². The number of alkyl halides is 3. The van der Waals surface area contributed by atoms with Gasteiger partial charge in [-0.2, -0.15) is 23.4 Å². The largest absolute Gasteiger partial charge is 0.433 e. The smallest absolute Gasteiger partial charge is 0.343 e. The van der Waals surface area contributed by atoms with E-state index in [2.05, 4.69) is 20.5 Å². The lowest BCUT2D eigenvalue weighted by Gasteiger charge is -2.14. The maximum Gasteiger partial charge on any atom is 0.433 e. The van der Waals surface area contributed by atoms with Crippen LogP contribution in [0.2, 0.25) is 0 Å². The van der Waals surface area contributed by atoms with Gasteiger partial charge in [-0.05, 0) is 44.5 Å². The third-order valence-corrected chi connectivity index (χ3v) is 6.31. The first-order valence-corrected chi connectivity index (χ1v) is 10.9. The number of nitrogens with one attached hydrogen (secondary N) is 1. The van der Waals surface area contributed by atoms with Crippen LogP contribution in [-0.2, 0) is 19.1 Å². The quantitative estimate of drug-likeness (QED) is 0.449. The molecule has 4 rings (SSSR count). The SMILES string of the molecule is CCc1ccc(-c2cc(C(F)(F)F)n3nc(C(=O)N[C@H](C)c4ccnn4CC)cc3n2)s1. The third-order valence-electron chi connectivity index (χ3n) is 5.05. The van der Waals surface area contributed by atoms with E-state index in [0.717, 1.165) is 23.1 Å². The predicted molar refractivity (Wildman–Crippen MR) is 114 cm³/mol. The molecule has 0 saturated carbocycles. The second kappa shape index (κ2) is 8.38. The molecule has 1 atom stereocenters. The van der Waals surface area contributed by atoms with Crippen LogP contribution in [0.4, 0.5) is 13.2 Å². The highest BCUT2D eigenvalue weighted by atomic mass is 32.1. The fourth-order valence-corrected chi connectivity index (χ4v) is 4.35. The molecule has 1 amide bonds. The maximum atomic E-state index is 13.8. The summed E-state index contributed by atoms with van der Waals surface area (Å²) in [6.45, 7) is 6.30. The maximum absolute atomic E-state index is 13.8. The predicted octanol–water partition coefficient (Wildman–Crippen LogP) is 4.75. The average Bonchev–Trinajstić information content (AvgIpc) is 3.50. The lowest BCUT2D eigenvalue weighted by Crippen LogP contribution is -2.28. The number of rotatable bonds is 6. The van der Waals surface area contributed by atoms with Gasteiger partial charge >= 0.3 is 6.18 Å². The summed E-state index contributed by atoms with van der Waals surface area (Å²) in [4.78, 5) is 18.8. The van der Waals surface area contributed by atoms with Gasteiger partial charge in [0.25, 0.3) is 5.91 Å². The molecule has 7 nitrogen and oxygen atoms in total. The molecule has 4 aromatic heterocycles. The number of fused-ring (bicyclic) bond motifs is 1. The summed E-state index contributed by atoms with van der Waals surface area (Å²) in [6.07, 6.45) is -2.26. The Balaban J connectivity index is 1.71. The number of aryl methyl sites for hydroxylation is 2. The number of aromatic nitrogens is 5. The fraction of sp³-hybridized carbons (Fsp3) is 0.333. The molecule has 1 N–H and O–H groups in total. The molecular weight excluding hydrogens is 441 g/mol. The van der Waals surface area contributed by atoms with E-state index in [1.54, 1.807) is 29.9 Å². The lowest BCUT2D eigenvalue weighted by atomic mass is 10.2. The van der Waals surface area contributed by atoms with Gasteiger partial charge in [0.05, 0.1) is 22.3 Å². The first kappa shape index (κ1) is 22.0. The lowest BCUT2D eigenvalue weighted by molar-refractivity contribution is -0.142. The van der Waals surface area contributed by atoms with E-state index in [1.165, 1.54) is 17.4 Å². The van der Waals surface area contributed by atoms with Crippen LogP contribution in [0.25, 0.3) is 16.2 Å². The van der Waals surface area contributed by atoms with Crippen molar-refractivity contribution in [3.63, 3.8) is 0 Å². The van der Waals surface area contributed by atoms with Crippen molar-refractivity contribution in [2.45, 2.75) is 46.0 Å². The number of carbonyl (C=O) groups is 1. The van der Waals surface area contributed by atoms with E-state index in [0.29, 0.717) is 15.9 Å². The van der Waals surface area contributed by atoms with Crippen molar-refractivity contribution in [1.29, 1.82) is 0 Å². The van der Waals surface area contributed by atoms with Crippen molar-refractivity contribution in [1.82, 2.24) is 29.7 Å². The highest BCUT2D eigenvalue weighted by molar-refractivity contribution is 7.15. The Labute approximate surface area is 185 Å². The highest BCUT2D eigenvalue weighted by Crippen LogP contribution is 2.34. The molecule has 0 spiro atoms. The molecule has 4 aromatic rings. The molecule has 0 saturated heterocycles. The molecule has 0 bridgehead atoms. The first-order chi connectivity index (χ1) is 15.2. The zero-order valence-corrected chi connectivity index (χ0v) is 18.5. The molecule has 168 valence electrons. The van der Waals surface area contributed by atoms with Gasteiger partial charge in [0.1, 0.15) is 0 Å². The van der Waals surface area contributed by atoms with Crippen molar-refractivity contribution in [3.8, 4) is 10.6 Å². The van der Waals surface area contributed by atoms with Crippen LogP contribution in [0.1, 0.15) is 53.6 Å². The molecule has 0 unspecified atom stereocenters. The summed E-state index contributed by atoms with van der Waals surface area (Å²) >= 11 is 1.39. The Morgan fingerprint density at radius 2 is 2.00 bits per heavy atom. The van der Waals surface area contributed by atoms with Crippen molar-refractivity contribution in [2.75, 3.05) is 0 Å². The van der Waals surface area contributed by atoms with Crippen LogP contribution in [0.15, 0.2) is 36.5 Å². The molecule has 0 aliphatic heterocycles. The first-order valence-electron chi connectivity index (χ1n) is 10.1. The second-order valence-electron chi connectivity index (χ2n) is 7.21. The number of nitrogens with zero attached hydrogens (tertiary/aromatic N) is 5. The topological polar surface area (TPSA) is 77.1 Å². The zero-order valence-electron chi connectivity index (χ0n) is 17.6. The molecular formula is C21H21F3N6OS. The van der Waals surface area contributed by atoms with Crippen molar-refractivity contribution < 1.29 is 18.0 Å². The molecule has 0 aliphatic rings. The Kier molecular flexibility index (Phi) is 5.76. The van der Waals surface area contributed by atoms with Crippen LogP contribution in [-0.4, -0.2) is 30.3 Å². The van der Waals surface area contributed by atoms with Gasteiger partial charge < -0.3 is 5.32 Å². The Bertz CT molecular complexity index is 1270. The fourth-order valence-electron chi connectivity index (χ4n) is 3.44. The minimum atomic E-state index is -4.67. The minimum absolute atomic E-state index is 0.0438. The number of hydrogen-bond acceptors (Lipinski definition) is 5. The summed E-state index contributed by atoms with van der Waals surface area (Å²) in [6, 6.07) is 7.24. The van der Waals surface area contributed by atoms with Crippen LogP contribution >= 0.6 is 11.3 Å². The highest BCUT2D eigenvalue weighted by Gasteiger charge is 2.36. The van der Waals surface area contributed by atoms with Gasteiger partial charge in [0.15, 0.2) is 17.0 Å². The van der Waals surface area contributed by atoms with Crippen LogP contribution < -0.4 is 5.32 Å². The number of thiophene rings is 1. The monoisotopic (exact) mass is 462 g/mol. The van der Waals surface area contributed by atoms with Gasteiger partial charge in [0, 0.05) is 23.7 Å². The molecule has 11 heteroatoms. The summed E-state index contributed by atoms with van der Waals surface area (Å²) < 4.78 is 43.7. The van der Waals surface area contributed by atoms with E-state index in [-0.39, 0.29) is 17.0 Å².